The van der Waals surface area contributed by atoms with Gasteiger partial charge in [0.1, 0.15) is 5.75 Å². The van der Waals surface area contributed by atoms with Crippen LogP contribution in [0.15, 0.2) is 23.1 Å². The van der Waals surface area contributed by atoms with Crippen molar-refractivity contribution in [2.24, 2.45) is 0 Å². The highest BCUT2D eigenvalue weighted by Gasteiger charge is 2.33. The number of carbonyl (C=O) groups excluding carboxylic acids is 2. The summed E-state index contributed by atoms with van der Waals surface area (Å²) < 4.78 is 33.2. The number of carbonyl (C=O) groups is 2. The maximum absolute atomic E-state index is 13.2. The highest BCUT2D eigenvalue weighted by Crippen LogP contribution is 2.30. The standard InChI is InChI=1S/C22H34N4O5S/c1-24(2)22(28)19-9-8-12-25(19)16-21(27)23-18-15-17(10-11-20(18)31-3)32(29,30)26-13-6-4-5-7-14-26/h10-11,15,19H,4-9,12-14,16H2,1-3H3,(H,23,27). The van der Waals surface area contributed by atoms with Crippen LogP contribution in [0.1, 0.15) is 38.5 Å². The third-order valence-corrected chi connectivity index (χ3v) is 7.98. The van der Waals surface area contributed by atoms with Crippen LogP contribution in [-0.2, 0) is 19.6 Å². The lowest BCUT2D eigenvalue weighted by Gasteiger charge is -2.25. The fourth-order valence-corrected chi connectivity index (χ4v) is 5.89. The lowest BCUT2D eigenvalue weighted by Crippen LogP contribution is -2.45. The van der Waals surface area contributed by atoms with E-state index >= 15 is 0 Å². The van der Waals surface area contributed by atoms with E-state index in [1.54, 1.807) is 25.1 Å². The Bertz CT molecular complexity index is 926. The van der Waals surface area contributed by atoms with Gasteiger partial charge in [0.15, 0.2) is 0 Å². The Morgan fingerprint density at radius 2 is 1.78 bits per heavy atom. The van der Waals surface area contributed by atoms with Gasteiger partial charge in [-0.3, -0.25) is 14.5 Å². The minimum absolute atomic E-state index is 0.0154. The maximum atomic E-state index is 13.2. The molecule has 1 N–H and O–H groups in total. The summed E-state index contributed by atoms with van der Waals surface area (Å²) in [7, 11) is 1.23. The van der Waals surface area contributed by atoms with Crippen LogP contribution in [0.5, 0.6) is 5.75 Å². The molecule has 3 rings (SSSR count). The van der Waals surface area contributed by atoms with Crippen molar-refractivity contribution in [2.45, 2.75) is 49.5 Å². The van der Waals surface area contributed by atoms with E-state index in [2.05, 4.69) is 5.32 Å². The summed E-state index contributed by atoms with van der Waals surface area (Å²) in [6, 6.07) is 4.23. The fourth-order valence-electron chi connectivity index (χ4n) is 4.34. The van der Waals surface area contributed by atoms with Crippen molar-refractivity contribution in [1.29, 1.82) is 0 Å². The zero-order chi connectivity index (χ0) is 23.3. The number of likely N-dealkylation sites (tertiary alicyclic amines) is 1. The molecule has 9 nitrogen and oxygen atoms in total. The summed E-state index contributed by atoms with van der Waals surface area (Å²) in [6.45, 7) is 1.73. The number of ether oxygens (including phenoxy) is 1. The number of methoxy groups -OCH3 is 1. The highest BCUT2D eigenvalue weighted by molar-refractivity contribution is 7.89. The van der Waals surface area contributed by atoms with Crippen molar-refractivity contribution in [3.05, 3.63) is 18.2 Å². The Labute approximate surface area is 190 Å². The molecule has 1 aromatic carbocycles. The summed E-state index contributed by atoms with van der Waals surface area (Å²) in [5.74, 6) is 0.0556. The number of benzene rings is 1. The van der Waals surface area contributed by atoms with Crippen molar-refractivity contribution in [3.8, 4) is 5.75 Å². The minimum Gasteiger partial charge on any atom is -0.495 e. The monoisotopic (exact) mass is 466 g/mol. The topological polar surface area (TPSA) is 99.3 Å². The van der Waals surface area contributed by atoms with Gasteiger partial charge in [-0.15, -0.1) is 0 Å². The number of likely N-dealkylation sites (N-methyl/N-ethyl adjacent to an activating group) is 1. The second kappa shape index (κ2) is 10.6. The maximum Gasteiger partial charge on any atom is 0.243 e. The second-order valence-corrected chi connectivity index (χ2v) is 10.5. The van der Waals surface area contributed by atoms with Gasteiger partial charge >= 0.3 is 0 Å². The molecule has 0 bridgehead atoms. The predicted molar refractivity (Wildman–Crippen MR) is 122 cm³/mol. The van der Waals surface area contributed by atoms with Crippen molar-refractivity contribution >= 4 is 27.5 Å². The first-order valence-electron chi connectivity index (χ1n) is 11.2. The van der Waals surface area contributed by atoms with E-state index in [4.69, 9.17) is 4.74 Å². The molecule has 178 valence electrons. The molecule has 1 atom stereocenters. The molecule has 1 unspecified atom stereocenters. The molecular formula is C22H34N4O5S. The van der Waals surface area contributed by atoms with Gasteiger partial charge in [0.25, 0.3) is 0 Å². The van der Waals surface area contributed by atoms with Crippen LogP contribution in [0.2, 0.25) is 0 Å². The summed E-state index contributed by atoms with van der Waals surface area (Å²) in [5, 5.41) is 2.79. The number of nitrogens with zero attached hydrogens (tertiary/aromatic N) is 3. The molecule has 0 radical (unpaired) electrons. The first-order valence-corrected chi connectivity index (χ1v) is 12.6. The third-order valence-electron chi connectivity index (χ3n) is 6.08. The number of hydrogen-bond acceptors (Lipinski definition) is 6. The van der Waals surface area contributed by atoms with Crippen LogP contribution in [0.3, 0.4) is 0 Å². The summed E-state index contributed by atoms with van der Waals surface area (Å²) in [6.07, 6.45) is 5.33. The normalized spacial score (nSPS) is 20.5. The Kier molecular flexibility index (Phi) is 8.13. The van der Waals surface area contributed by atoms with Gasteiger partial charge in [-0.1, -0.05) is 12.8 Å². The smallest absolute Gasteiger partial charge is 0.243 e. The molecule has 2 saturated heterocycles. The molecule has 0 saturated carbocycles. The fraction of sp³-hybridized carbons (Fsp3) is 0.636. The first kappa shape index (κ1) is 24.5. The van der Waals surface area contributed by atoms with Crippen molar-refractivity contribution in [3.63, 3.8) is 0 Å². The Morgan fingerprint density at radius 1 is 1.09 bits per heavy atom. The van der Waals surface area contributed by atoms with Gasteiger partial charge in [0.2, 0.25) is 21.8 Å². The summed E-state index contributed by atoms with van der Waals surface area (Å²) >= 11 is 0. The first-order chi connectivity index (χ1) is 15.2. The largest absolute Gasteiger partial charge is 0.495 e. The third kappa shape index (κ3) is 5.60. The van der Waals surface area contributed by atoms with Gasteiger partial charge in [-0.05, 0) is 50.4 Å². The van der Waals surface area contributed by atoms with Crippen LogP contribution in [-0.4, -0.2) is 87.8 Å². The van der Waals surface area contributed by atoms with Crippen LogP contribution < -0.4 is 10.1 Å². The van der Waals surface area contributed by atoms with Gasteiger partial charge < -0.3 is 15.0 Å². The lowest BCUT2D eigenvalue weighted by atomic mass is 10.2. The van der Waals surface area contributed by atoms with Crippen molar-refractivity contribution in [1.82, 2.24) is 14.1 Å². The predicted octanol–water partition coefficient (Wildman–Crippen LogP) is 1.75. The van der Waals surface area contributed by atoms with Crippen LogP contribution in [0.25, 0.3) is 0 Å². The van der Waals surface area contributed by atoms with Crippen molar-refractivity contribution < 1.29 is 22.7 Å². The number of sulfonamides is 1. The molecule has 2 aliphatic rings. The number of nitrogens with one attached hydrogen (secondary N) is 1. The zero-order valence-corrected chi connectivity index (χ0v) is 20.0. The van der Waals surface area contributed by atoms with Crippen LogP contribution >= 0.6 is 0 Å². The van der Waals surface area contributed by atoms with Gasteiger partial charge in [-0.25, -0.2) is 8.42 Å². The second-order valence-electron chi connectivity index (χ2n) is 8.59. The van der Waals surface area contributed by atoms with Gasteiger partial charge in [0, 0.05) is 27.2 Å². The highest BCUT2D eigenvalue weighted by atomic mass is 32.2. The Hall–Kier alpha value is -2.17. The summed E-state index contributed by atoms with van der Waals surface area (Å²) in [5.41, 5.74) is 0.308. The number of hydrogen-bond donors (Lipinski definition) is 1. The van der Waals surface area contributed by atoms with Crippen molar-refractivity contribution in [2.75, 3.05) is 52.7 Å². The number of anilines is 1. The molecule has 2 aliphatic heterocycles. The molecule has 2 amide bonds. The van der Waals surface area contributed by atoms with E-state index in [0.29, 0.717) is 31.1 Å². The molecule has 0 aliphatic carbocycles. The average Bonchev–Trinajstić information content (AvgIpc) is 3.03. The molecule has 10 heteroatoms. The van der Waals surface area contributed by atoms with E-state index in [9.17, 15) is 18.0 Å². The molecule has 0 spiro atoms. The molecule has 1 aromatic rings. The molecular weight excluding hydrogens is 432 g/mol. The van der Waals surface area contributed by atoms with E-state index in [1.807, 2.05) is 4.90 Å². The molecule has 32 heavy (non-hydrogen) atoms. The van der Waals surface area contributed by atoms with Crippen LogP contribution in [0.4, 0.5) is 5.69 Å². The van der Waals surface area contributed by atoms with Crippen LogP contribution in [0, 0.1) is 0 Å². The quantitative estimate of drug-likeness (QED) is 0.657. The SMILES string of the molecule is COc1ccc(S(=O)(=O)N2CCCCCC2)cc1NC(=O)CN1CCCC1C(=O)N(C)C. The number of amides is 2. The van der Waals surface area contributed by atoms with E-state index < -0.39 is 10.0 Å². The Morgan fingerprint density at radius 3 is 2.41 bits per heavy atom. The molecule has 0 aromatic heterocycles. The van der Waals surface area contributed by atoms with E-state index in [1.165, 1.54) is 23.5 Å². The lowest BCUT2D eigenvalue weighted by molar-refractivity contribution is -0.133. The molecule has 2 heterocycles. The van der Waals surface area contributed by atoms with Gasteiger partial charge in [0.05, 0.1) is 30.3 Å². The Balaban J connectivity index is 1.75. The number of rotatable bonds is 7. The van der Waals surface area contributed by atoms with E-state index in [-0.39, 0.29) is 29.3 Å². The molecule has 2 fully saturated rings. The van der Waals surface area contributed by atoms with Gasteiger partial charge in [-0.2, -0.15) is 4.31 Å². The summed E-state index contributed by atoms with van der Waals surface area (Å²) in [4.78, 5) is 28.7. The minimum atomic E-state index is -3.65. The average molecular weight is 467 g/mol. The van der Waals surface area contributed by atoms with E-state index in [0.717, 1.165) is 38.5 Å². The zero-order valence-electron chi connectivity index (χ0n) is 19.2.